The molecule has 0 radical (unpaired) electrons. The van der Waals surface area contributed by atoms with Crippen LogP contribution in [0.4, 0.5) is 0 Å². The van der Waals surface area contributed by atoms with Crippen LogP contribution < -0.4 is 5.32 Å². The zero-order valence-corrected chi connectivity index (χ0v) is 12.9. The first-order valence-corrected chi connectivity index (χ1v) is 8.99. The van der Waals surface area contributed by atoms with Gasteiger partial charge in [-0.2, -0.15) is 16.1 Å². The quantitative estimate of drug-likeness (QED) is 0.916. The topological polar surface area (TPSA) is 49.4 Å². The fourth-order valence-corrected chi connectivity index (χ4v) is 5.37. The average molecular weight is 300 g/mol. The molecule has 0 aromatic heterocycles. The number of benzene rings is 1. The summed E-state index contributed by atoms with van der Waals surface area (Å²) in [4.78, 5) is 0.433. The van der Waals surface area contributed by atoms with Crippen LogP contribution in [0.1, 0.15) is 12.5 Å². The Balaban J connectivity index is 2.38. The molecule has 0 saturated carbocycles. The highest BCUT2D eigenvalue weighted by atomic mass is 32.2. The van der Waals surface area contributed by atoms with Gasteiger partial charge in [0.25, 0.3) is 0 Å². The molecule has 0 amide bonds. The smallest absolute Gasteiger partial charge is 0.243 e. The van der Waals surface area contributed by atoms with E-state index in [1.807, 2.05) is 37.9 Å². The molecular weight excluding hydrogens is 280 g/mol. The molecule has 0 spiro atoms. The maximum atomic E-state index is 12.8. The molecule has 1 aliphatic rings. The van der Waals surface area contributed by atoms with Crippen LogP contribution >= 0.6 is 11.8 Å². The minimum absolute atomic E-state index is 0.0615. The van der Waals surface area contributed by atoms with Gasteiger partial charge >= 0.3 is 0 Å². The SMILES string of the molecule is CNCc1ccccc1S(=O)(=O)N1CCSCC1C. The van der Waals surface area contributed by atoms with E-state index in [9.17, 15) is 8.42 Å². The predicted octanol–water partition coefficient (Wildman–Crippen LogP) is 1.53. The van der Waals surface area contributed by atoms with Crippen molar-refractivity contribution < 1.29 is 8.42 Å². The van der Waals surface area contributed by atoms with Gasteiger partial charge in [0.1, 0.15) is 0 Å². The maximum Gasteiger partial charge on any atom is 0.243 e. The Kier molecular flexibility index (Phi) is 4.89. The predicted molar refractivity (Wildman–Crippen MR) is 79.9 cm³/mol. The van der Waals surface area contributed by atoms with Gasteiger partial charge < -0.3 is 5.32 Å². The monoisotopic (exact) mass is 300 g/mol. The summed E-state index contributed by atoms with van der Waals surface area (Å²) in [5, 5.41) is 3.02. The van der Waals surface area contributed by atoms with Gasteiger partial charge in [-0.3, -0.25) is 0 Å². The lowest BCUT2D eigenvalue weighted by molar-refractivity contribution is 0.367. The van der Waals surface area contributed by atoms with Crippen molar-refractivity contribution in [1.29, 1.82) is 0 Å². The molecule has 1 aromatic rings. The first kappa shape index (κ1) is 14.8. The Labute approximate surface area is 119 Å². The molecule has 19 heavy (non-hydrogen) atoms. The molecule has 1 atom stereocenters. The molecule has 1 heterocycles. The number of hydrogen-bond acceptors (Lipinski definition) is 4. The highest BCUT2D eigenvalue weighted by Crippen LogP contribution is 2.26. The molecule has 1 aliphatic heterocycles. The van der Waals surface area contributed by atoms with E-state index in [0.717, 1.165) is 17.1 Å². The minimum atomic E-state index is -3.38. The molecule has 1 aromatic carbocycles. The van der Waals surface area contributed by atoms with Gasteiger partial charge in [0, 0.05) is 30.6 Å². The normalized spacial score (nSPS) is 21.5. The highest BCUT2D eigenvalue weighted by molar-refractivity contribution is 7.99. The molecular formula is C13H20N2O2S2. The number of sulfonamides is 1. The Bertz CT molecular complexity index is 531. The van der Waals surface area contributed by atoms with Gasteiger partial charge in [0.05, 0.1) is 4.90 Å². The van der Waals surface area contributed by atoms with Gasteiger partial charge in [-0.1, -0.05) is 18.2 Å². The number of rotatable bonds is 4. The highest BCUT2D eigenvalue weighted by Gasteiger charge is 2.32. The van der Waals surface area contributed by atoms with Gasteiger partial charge in [-0.05, 0) is 25.6 Å². The van der Waals surface area contributed by atoms with Gasteiger partial charge in [0.2, 0.25) is 10.0 Å². The lowest BCUT2D eigenvalue weighted by atomic mass is 10.2. The maximum absolute atomic E-state index is 12.8. The van der Waals surface area contributed by atoms with Gasteiger partial charge in [-0.25, -0.2) is 8.42 Å². The van der Waals surface area contributed by atoms with E-state index < -0.39 is 10.0 Å². The van der Waals surface area contributed by atoms with Gasteiger partial charge in [-0.15, -0.1) is 0 Å². The third-order valence-corrected chi connectivity index (χ3v) is 6.54. The average Bonchev–Trinajstić information content (AvgIpc) is 2.40. The second-order valence-corrected chi connectivity index (χ2v) is 7.69. The first-order valence-electron chi connectivity index (χ1n) is 6.39. The third kappa shape index (κ3) is 3.13. The third-order valence-electron chi connectivity index (χ3n) is 3.23. The zero-order valence-electron chi connectivity index (χ0n) is 11.3. The number of nitrogens with one attached hydrogen (secondary N) is 1. The van der Waals surface area contributed by atoms with E-state index in [1.54, 1.807) is 16.4 Å². The van der Waals surface area contributed by atoms with E-state index in [2.05, 4.69) is 5.32 Å². The van der Waals surface area contributed by atoms with E-state index >= 15 is 0 Å². The van der Waals surface area contributed by atoms with Crippen molar-refractivity contribution in [2.75, 3.05) is 25.1 Å². The largest absolute Gasteiger partial charge is 0.316 e. The van der Waals surface area contributed by atoms with Crippen molar-refractivity contribution in [3.8, 4) is 0 Å². The Morgan fingerprint density at radius 3 is 2.84 bits per heavy atom. The van der Waals surface area contributed by atoms with Crippen LogP contribution in [-0.2, 0) is 16.6 Å². The second-order valence-electron chi connectivity index (χ2n) is 4.68. The molecule has 1 unspecified atom stereocenters. The minimum Gasteiger partial charge on any atom is -0.316 e. The number of thioether (sulfide) groups is 1. The molecule has 2 rings (SSSR count). The van der Waals surface area contributed by atoms with Crippen molar-refractivity contribution in [3.63, 3.8) is 0 Å². The fraction of sp³-hybridized carbons (Fsp3) is 0.538. The van der Waals surface area contributed by atoms with Crippen LogP contribution in [0.3, 0.4) is 0 Å². The summed E-state index contributed by atoms with van der Waals surface area (Å²) in [5.74, 6) is 1.74. The summed E-state index contributed by atoms with van der Waals surface area (Å²) < 4.78 is 27.2. The Hall–Kier alpha value is -0.560. The van der Waals surface area contributed by atoms with Crippen molar-refractivity contribution in [2.24, 2.45) is 0 Å². The molecule has 1 saturated heterocycles. The van der Waals surface area contributed by atoms with E-state index in [0.29, 0.717) is 18.0 Å². The fourth-order valence-electron chi connectivity index (χ4n) is 2.29. The Morgan fingerprint density at radius 1 is 1.42 bits per heavy atom. The summed E-state index contributed by atoms with van der Waals surface area (Å²) in [6.45, 7) is 3.14. The second kappa shape index (κ2) is 6.26. The Morgan fingerprint density at radius 2 is 2.16 bits per heavy atom. The molecule has 6 heteroatoms. The summed E-state index contributed by atoms with van der Waals surface area (Å²) in [6.07, 6.45) is 0. The van der Waals surface area contributed by atoms with E-state index in [1.165, 1.54) is 0 Å². The lowest BCUT2D eigenvalue weighted by Crippen LogP contribution is -2.44. The van der Waals surface area contributed by atoms with Crippen LogP contribution in [0.2, 0.25) is 0 Å². The molecule has 4 nitrogen and oxygen atoms in total. The van der Waals surface area contributed by atoms with E-state index in [4.69, 9.17) is 0 Å². The zero-order chi connectivity index (χ0) is 13.9. The van der Waals surface area contributed by atoms with Gasteiger partial charge in [0.15, 0.2) is 0 Å². The van der Waals surface area contributed by atoms with Crippen molar-refractivity contribution in [2.45, 2.75) is 24.4 Å². The van der Waals surface area contributed by atoms with Crippen LogP contribution in [0.5, 0.6) is 0 Å². The standard InChI is InChI=1S/C13H20N2O2S2/c1-11-10-18-8-7-15(11)19(16,17)13-6-4-3-5-12(13)9-14-2/h3-6,11,14H,7-10H2,1-2H3. The summed E-state index contributed by atoms with van der Waals surface area (Å²) >= 11 is 1.81. The van der Waals surface area contributed by atoms with E-state index in [-0.39, 0.29) is 6.04 Å². The molecule has 1 N–H and O–H groups in total. The van der Waals surface area contributed by atoms with Crippen LogP contribution in [0.15, 0.2) is 29.2 Å². The number of nitrogens with zero attached hydrogens (tertiary/aromatic N) is 1. The molecule has 0 aliphatic carbocycles. The van der Waals surface area contributed by atoms with Crippen molar-refractivity contribution >= 4 is 21.8 Å². The summed E-state index contributed by atoms with van der Waals surface area (Å²) in [5.41, 5.74) is 0.829. The van der Waals surface area contributed by atoms with Crippen LogP contribution in [0.25, 0.3) is 0 Å². The summed E-state index contributed by atoms with van der Waals surface area (Å²) in [6, 6.07) is 7.30. The molecule has 0 bridgehead atoms. The number of hydrogen-bond donors (Lipinski definition) is 1. The summed E-state index contributed by atoms with van der Waals surface area (Å²) in [7, 11) is -1.56. The van der Waals surface area contributed by atoms with Crippen LogP contribution in [-0.4, -0.2) is 43.9 Å². The van der Waals surface area contributed by atoms with Crippen molar-refractivity contribution in [1.82, 2.24) is 9.62 Å². The van der Waals surface area contributed by atoms with Crippen LogP contribution in [0, 0.1) is 0 Å². The first-order chi connectivity index (χ1) is 9.07. The lowest BCUT2D eigenvalue weighted by Gasteiger charge is -2.32. The molecule has 106 valence electrons. The molecule has 1 fully saturated rings. The van der Waals surface area contributed by atoms with Crippen molar-refractivity contribution in [3.05, 3.63) is 29.8 Å².